The zero-order chi connectivity index (χ0) is 24.4. The summed E-state index contributed by atoms with van der Waals surface area (Å²) in [6, 6.07) is 9.75. The summed E-state index contributed by atoms with van der Waals surface area (Å²) in [5, 5.41) is 7.27. The van der Waals surface area contributed by atoms with Crippen LogP contribution in [-0.2, 0) is 4.74 Å². The van der Waals surface area contributed by atoms with Gasteiger partial charge in [0.25, 0.3) is 11.8 Å². The third-order valence-electron chi connectivity index (χ3n) is 5.23. The van der Waals surface area contributed by atoms with Crippen LogP contribution >= 0.6 is 11.3 Å². The lowest BCUT2D eigenvalue weighted by molar-refractivity contribution is 0.0506. The number of nitrogens with two attached hydrogens (primary N) is 1. The number of aromatic nitrogens is 3. The lowest BCUT2D eigenvalue weighted by atomic mass is 10.1. The van der Waals surface area contributed by atoms with E-state index in [1.165, 1.54) is 6.20 Å². The molecule has 0 fully saturated rings. The highest BCUT2D eigenvalue weighted by Gasteiger charge is 2.27. The van der Waals surface area contributed by atoms with Crippen molar-refractivity contribution in [3.8, 4) is 11.3 Å². The first-order valence-electron chi connectivity index (χ1n) is 10.6. The molecule has 0 unspecified atom stereocenters. The highest BCUT2D eigenvalue weighted by Crippen LogP contribution is 2.34. The number of fused-ring (bicyclic) bond motifs is 1. The number of rotatable bonds is 7. The first-order chi connectivity index (χ1) is 16.3. The Morgan fingerprint density at radius 3 is 2.56 bits per heavy atom. The van der Waals surface area contributed by atoms with Crippen LogP contribution in [0, 0.1) is 13.8 Å². The summed E-state index contributed by atoms with van der Waals surface area (Å²) in [5.74, 6) is -1.84. The zero-order valence-corrected chi connectivity index (χ0v) is 19.7. The number of hydrogen-bond donors (Lipinski definition) is 2. The normalized spacial score (nSPS) is 10.9. The molecular formula is C24H23N5O4S. The molecule has 0 bridgehead atoms. The molecule has 0 atom stereocenters. The van der Waals surface area contributed by atoms with Crippen molar-refractivity contribution in [2.75, 3.05) is 11.9 Å². The van der Waals surface area contributed by atoms with Gasteiger partial charge in [-0.1, -0.05) is 36.8 Å². The van der Waals surface area contributed by atoms with Crippen molar-refractivity contribution < 1.29 is 19.1 Å². The number of hydrogen-bond acceptors (Lipinski definition) is 7. The number of carbonyl (C=O) groups is 3. The van der Waals surface area contributed by atoms with Crippen molar-refractivity contribution in [3.63, 3.8) is 0 Å². The molecule has 174 valence electrons. The number of nitrogens with zero attached hydrogens (tertiary/aromatic N) is 3. The summed E-state index contributed by atoms with van der Waals surface area (Å²) in [7, 11) is 0. The van der Waals surface area contributed by atoms with Crippen molar-refractivity contribution in [1.29, 1.82) is 0 Å². The van der Waals surface area contributed by atoms with Gasteiger partial charge in [0.05, 0.1) is 28.9 Å². The van der Waals surface area contributed by atoms with Crippen LogP contribution in [0.15, 0.2) is 42.7 Å². The minimum atomic E-state index is -0.687. The Labute approximate surface area is 199 Å². The number of amides is 2. The highest BCUT2D eigenvalue weighted by atomic mass is 32.1. The van der Waals surface area contributed by atoms with E-state index in [0.29, 0.717) is 17.6 Å². The number of aryl methyl sites for hydroxylation is 1. The fourth-order valence-corrected chi connectivity index (χ4v) is 4.56. The smallest absolute Gasteiger partial charge is 0.341 e. The van der Waals surface area contributed by atoms with Gasteiger partial charge in [-0.3, -0.25) is 9.59 Å². The summed E-state index contributed by atoms with van der Waals surface area (Å²) >= 11 is 0.933. The van der Waals surface area contributed by atoms with Gasteiger partial charge < -0.3 is 15.8 Å². The molecule has 0 aliphatic carbocycles. The molecule has 0 radical (unpaired) electrons. The fourth-order valence-electron chi connectivity index (χ4n) is 3.51. The van der Waals surface area contributed by atoms with Gasteiger partial charge in [-0.15, -0.1) is 11.3 Å². The lowest BCUT2D eigenvalue weighted by Gasteiger charge is -2.08. The molecule has 0 aliphatic heterocycles. The van der Waals surface area contributed by atoms with E-state index >= 15 is 0 Å². The van der Waals surface area contributed by atoms with Gasteiger partial charge in [-0.25, -0.2) is 14.3 Å². The Morgan fingerprint density at radius 1 is 1.15 bits per heavy atom. The third kappa shape index (κ3) is 4.27. The molecular weight excluding hydrogens is 454 g/mol. The molecule has 9 nitrogen and oxygen atoms in total. The minimum Gasteiger partial charge on any atom is -0.462 e. The van der Waals surface area contributed by atoms with Crippen LogP contribution in [0.4, 0.5) is 5.00 Å². The maximum Gasteiger partial charge on any atom is 0.341 e. The van der Waals surface area contributed by atoms with Crippen LogP contribution < -0.4 is 11.1 Å². The largest absolute Gasteiger partial charge is 0.462 e. The molecule has 3 N–H and O–H groups in total. The van der Waals surface area contributed by atoms with Crippen molar-refractivity contribution >= 4 is 39.8 Å². The monoisotopic (exact) mass is 477 g/mol. The Kier molecular flexibility index (Phi) is 6.42. The summed E-state index contributed by atoms with van der Waals surface area (Å²) < 4.78 is 6.83. The molecule has 34 heavy (non-hydrogen) atoms. The number of esters is 1. The van der Waals surface area contributed by atoms with Crippen molar-refractivity contribution in [3.05, 3.63) is 69.9 Å². The number of thiophene rings is 1. The molecule has 4 rings (SSSR count). The number of anilines is 1. The maximum atomic E-state index is 13.2. The minimum absolute atomic E-state index is 0.116. The lowest BCUT2D eigenvalue weighted by Crippen LogP contribution is -2.15. The van der Waals surface area contributed by atoms with Crippen LogP contribution in [0.1, 0.15) is 54.9 Å². The molecule has 0 aliphatic rings. The van der Waals surface area contributed by atoms with Crippen LogP contribution in [-0.4, -0.2) is 39.0 Å². The summed E-state index contributed by atoms with van der Waals surface area (Å²) in [4.78, 5) is 42.2. The number of ether oxygens (including phenoxy) is 1. The molecule has 3 aromatic heterocycles. The number of benzene rings is 1. The second kappa shape index (κ2) is 9.44. The predicted molar refractivity (Wildman–Crippen MR) is 129 cm³/mol. The van der Waals surface area contributed by atoms with Gasteiger partial charge in [-0.2, -0.15) is 5.10 Å². The van der Waals surface area contributed by atoms with Gasteiger partial charge in [-0.05, 0) is 31.9 Å². The molecule has 3 heterocycles. The van der Waals surface area contributed by atoms with E-state index in [1.807, 2.05) is 44.2 Å². The molecule has 10 heteroatoms. The first kappa shape index (κ1) is 23.1. The van der Waals surface area contributed by atoms with Crippen LogP contribution in [0.5, 0.6) is 0 Å². The number of primary amides is 1. The predicted octanol–water partition coefficient (Wildman–Crippen LogP) is 3.99. The van der Waals surface area contributed by atoms with E-state index in [2.05, 4.69) is 15.4 Å². The average molecular weight is 478 g/mol. The summed E-state index contributed by atoms with van der Waals surface area (Å²) in [5.41, 5.74) is 9.35. The molecule has 1 aromatic carbocycles. The average Bonchev–Trinajstić information content (AvgIpc) is 3.39. The molecule has 0 spiro atoms. The van der Waals surface area contributed by atoms with Crippen LogP contribution in [0.25, 0.3) is 16.9 Å². The Hall–Kier alpha value is -4.05. The number of nitrogens with one attached hydrogen (secondary N) is 1. The van der Waals surface area contributed by atoms with Gasteiger partial charge in [0.1, 0.15) is 10.6 Å². The fraction of sp³-hybridized carbons (Fsp3) is 0.208. The van der Waals surface area contributed by atoms with E-state index < -0.39 is 17.8 Å². The number of carbonyl (C=O) groups excluding carboxylic acids is 3. The van der Waals surface area contributed by atoms with Gasteiger partial charge in [0, 0.05) is 11.8 Å². The van der Waals surface area contributed by atoms with Crippen molar-refractivity contribution in [2.24, 2.45) is 5.73 Å². The summed E-state index contributed by atoms with van der Waals surface area (Å²) in [6.45, 7) is 5.69. The Balaban J connectivity index is 1.71. The SMILES string of the molecule is CCCOC(=O)c1c(NC(=O)c2cnn3c(-c4ccc(C)cc4)ccnc23)sc(C(N)=O)c1C. The van der Waals surface area contributed by atoms with E-state index in [-0.39, 0.29) is 27.6 Å². The van der Waals surface area contributed by atoms with E-state index in [1.54, 1.807) is 17.6 Å². The van der Waals surface area contributed by atoms with Crippen LogP contribution in [0.3, 0.4) is 0 Å². The van der Waals surface area contributed by atoms with Gasteiger partial charge in [0.15, 0.2) is 5.65 Å². The molecule has 4 aromatic rings. The Morgan fingerprint density at radius 2 is 1.88 bits per heavy atom. The van der Waals surface area contributed by atoms with Gasteiger partial charge >= 0.3 is 5.97 Å². The topological polar surface area (TPSA) is 129 Å². The molecule has 0 saturated heterocycles. The highest BCUT2D eigenvalue weighted by molar-refractivity contribution is 7.18. The molecule has 2 amide bonds. The second-order valence-corrected chi connectivity index (χ2v) is 8.72. The third-order valence-corrected chi connectivity index (χ3v) is 6.45. The molecule has 0 saturated carbocycles. The van der Waals surface area contributed by atoms with Crippen molar-refractivity contribution in [1.82, 2.24) is 14.6 Å². The van der Waals surface area contributed by atoms with Gasteiger partial charge in [0.2, 0.25) is 0 Å². The maximum absolute atomic E-state index is 13.2. The van der Waals surface area contributed by atoms with E-state index in [9.17, 15) is 14.4 Å². The van der Waals surface area contributed by atoms with E-state index in [4.69, 9.17) is 10.5 Å². The first-order valence-corrected chi connectivity index (χ1v) is 11.4. The Bertz CT molecular complexity index is 1410. The second-order valence-electron chi connectivity index (χ2n) is 7.70. The standard InChI is InChI=1S/C24H23N5O4S/c1-4-11-33-24(32)18-14(3)19(20(25)30)34-23(18)28-22(31)16-12-27-29-17(9-10-26-21(16)29)15-7-5-13(2)6-8-15/h5-10,12H,4,11H2,1-3H3,(H2,25,30)(H,28,31). The van der Waals surface area contributed by atoms with Crippen molar-refractivity contribution in [2.45, 2.75) is 27.2 Å². The van der Waals surface area contributed by atoms with E-state index in [0.717, 1.165) is 28.2 Å². The zero-order valence-electron chi connectivity index (χ0n) is 18.9. The van der Waals surface area contributed by atoms with Crippen LogP contribution in [0.2, 0.25) is 0 Å². The quantitative estimate of drug-likeness (QED) is 0.387. The summed E-state index contributed by atoms with van der Waals surface area (Å²) in [6.07, 6.45) is 3.66.